The van der Waals surface area contributed by atoms with Crippen molar-refractivity contribution in [2.45, 2.75) is 99.0 Å². The number of aromatic hydroxyl groups is 5. The molecule has 15 atom stereocenters. The summed E-state index contributed by atoms with van der Waals surface area (Å²) in [7, 11) is 1.48. The molecule has 0 bridgehead atoms. The number of aryl methyl sites for hydroxylation is 1. The Kier molecular flexibility index (Phi) is 18.1. The number of fused-ring (bicyclic) bond motifs is 1. The molecule has 0 saturated carbocycles. The van der Waals surface area contributed by atoms with Crippen LogP contribution in [0.4, 0.5) is 0 Å². The predicted octanol–water partition coefficient (Wildman–Crippen LogP) is -0.0639. The smallest absolute Gasteiger partial charge is 0.402 e. The van der Waals surface area contributed by atoms with Gasteiger partial charge in [0.15, 0.2) is 35.4 Å². The van der Waals surface area contributed by atoms with E-state index in [2.05, 4.69) is 0 Å². The number of phenols is 5. The van der Waals surface area contributed by atoms with Gasteiger partial charge in [0.2, 0.25) is 18.3 Å². The third-order valence-corrected chi connectivity index (χ3v) is 13.0. The highest BCUT2D eigenvalue weighted by molar-refractivity contribution is 5.89. The Bertz CT molecular complexity index is 3040. The molecule has 5 aromatic rings. The van der Waals surface area contributed by atoms with Gasteiger partial charge in [-0.15, -0.1) is 0 Å². The van der Waals surface area contributed by atoms with Crippen LogP contribution >= 0.6 is 0 Å². The third-order valence-electron chi connectivity index (χ3n) is 13.0. The van der Waals surface area contributed by atoms with Gasteiger partial charge in [0.05, 0.1) is 25.3 Å². The minimum absolute atomic E-state index is 0.0472. The van der Waals surface area contributed by atoms with Crippen molar-refractivity contribution in [1.82, 2.24) is 0 Å². The Hall–Kier alpha value is -7.41. The first-order valence-electron chi connectivity index (χ1n) is 24.2. The molecule has 1 aromatic heterocycles. The van der Waals surface area contributed by atoms with Gasteiger partial charge < -0.3 is 114 Å². The average molecular weight is 1110 g/mol. The van der Waals surface area contributed by atoms with Gasteiger partial charge in [-0.3, -0.25) is 0 Å². The van der Waals surface area contributed by atoms with Gasteiger partial charge in [0.25, 0.3) is 0 Å². The number of hydrogen-bond donors (Lipinski definition) is 14. The molecule has 3 aliphatic heterocycles. The molecular formula is C53H57O26+. The fourth-order valence-electron chi connectivity index (χ4n) is 8.58. The molecule has 14 N–H and O–H groups in total. The number of carbonyl (C=O) groups is 2. The zero-order valence-corrected chi connectivity index (χ0v) is 41.7. The summed E-state index contributed by atoms with van der Waals surface area (Å²) in [6, 6.07) is 15.5. The van der Waals surface area contributed by atoms with E-state index in [4.69, 9.17) is 47.0 Å². The number of methoxy groups -OCH3 is 1. The van der Waals surface area contributed by atoms with Crippen LogP contribution in [0.25, 0.3) is 34.4 Å². The summed E-state index contributed by atoms with van der Waals surface area (Å²) in [5.41, 5.74) is 1.42. The number of aliphatic hydroxyl groups excluding tert-OH is 9. The molecular weight excluding hydrogens is 1050 g/mol. The second-order valence-electron chi connectivity index (χ2n) is 18.5. The maximum Gasteiger partial charge on any atom is 0.402 e. The van der Waals surface area contributed by atoms with Gasteiger partial charge in [-0.1, -0.05) is 18.2 Å². The standard InChI is InChI=1S/C53H56O26/c1-22-3-4-24(14-32(22)70-2)7-12-40(61)71-20-37-42(63)45(66)48(69)52(77-37)79-50-46(67)43(64)38(21-72-39(60)11-6-23-5-9-28(56)30(58)13-23)78-53(50)75-35-18-27-33(73-49(35)25-8-10-29(57)31(59)15-25)16-26(55)17-34(27)74-51-47(68)44(65)41(62)36(19-54)76-51/h3-18,36-38,41-48,50-54,62-69H,19-21H2,1-2H3,(H4-,55,56,57,58,59,60)/p+1/b12-7+. The molecule has 3 aliphatic rings. The summed E-state index contributed by atoms with van der Waals surface area (Å²) in [4.78, 5) is 25.8. The molecule has 0 aliphatic carbocycles. The molecule has 26 nitrogen and oxygen atoms in total. The van der Waals surface area contributed by atoms with E-state index < -0.39 is 158 Å². The first-order chi connectivity index (χ1) is 37.6. The minimum atomic E-state index is -2.17. The molecule has 0 spiro atoms. The van der Waals surface area contributed by atoms with Crippen molar-refractivity contribution in [3.63, 3.8) is 0 Å². The van der Waals surface area contributed by atoms with Crippen molar-refractivity contribution < 1.29 is 128 Å². The van der Waals surface area contributed by atoms with Crippen molar-refractivity contribution in [3.8, 4) is 57.3 Å². The van der Waals surface area contributed by atoms with Gasteiger partial charge in [-0.2, -0.15) is 0 Å². The maximum absolute atomic E-state index is 13.0. The van der Waals surface area contributed by atoms with Gasteiger partial charge >= 0.3 is 23.3 Å². The monoisotopic (exact) mass is 1110 g/mol. The van der Waals surface area contributed by atoms with E-state index in [-0.39, 0.29) is 33.6 Å². The minimum Gasteiger partial charge on any atom is -0.507 e. The maximum atomic E-state index is 13.0. The number of ether oxygens (including phenoxy) is 9. The molecule has 4 aromatic carbocycles. The largest absolute Gasteiger partial charge is 0.507 e. The van der Waals surface area contributed by atoms with E-state index >= 15 is 0 Å². The van der Waals surface area contributed by atoms with Crippen LogP contribution in [-0.2, 0) is 38.0 Å². The number of carbonyl (C=O) groups excluding carboxylic acids is 2. The van der Waals surface area contributed by atoms with Crippen molar-refractivity contribution in [1.29, 1.82) is 0 Å². The lowest BCUT2D eigenvalue weighted by Crippen LogP contribution is -2.65. The van der Waals surface area contributed by atoms with E-state index in [0.717, 1.165) is 48.0 Å². The van der Waals surface area contributed by atoms with Crippen molar-refractivity contribution in [3.05, 3.63) is 102 Å². The molecule has 424 valence electrons. The first-order valence-corrected chi connectivity index (χ1v) is 24.2. The Balaban J connectivity index is 1.13. The average Bonchev–Trinajstić information content (AvgIpc) is 3.43. The molecule has 26 heteroatoms. The second-order valence-corrected chi connectivity index (χ2v) is 18.5. The number of rotatable bonds is 17. The van der Waals surface area contributed by atoms with Crippen molar-refractivity contribution in [2.75, 3.05) is 26.9 Å². The third kappa shape index (κ3) is 13.0. The molecule has 3 fully saturated rings. The van der Waals surface area contributed by atoms with Crippen LogP contribution in [0.15, 0.2) is 89.4 Å². The Morgan fingerprint density at radius 3 is 1.72 bits per heavy atom. The number of hydrogen-bond acceptors (Lipinski definition) is 25. The normalized spacial score (nSPS) is 29.1. The Morgan fingerprint density at radius 2 is 1.10 bits per heavy atom. The van der Waals surface area contributed by atoms with E-state index in [1.807, 2.05) is 6.92 Å². The quantitative estimate of drug-likeness (QED) is 0.0251. The lowest BCUT2D eigenvalue weighted by atomic mass is 9.97. The molecule has 0 radical (unpaired) electrons. The highest BCUT2D eigenvalue weighted by atomic mass is 16.8. The highest BCUT2D eigenvalue weighted by Crippen LogP contribution is 2.44. The van der Waals surface area contributed by atoms with E-state index in [0.29, 0.717) is 11.3 Å². The van der Waals surface area contributed by atoms with Crippen LogP contribution in [0.3, 0.4) is 0 Å². The molecule has 3 saturated heterocycles. The van der Waals surface area contributed by atoms with Crippen molar-refractivity contribution in [2.24, 2.45) is 0 Å². The van der Waals surface area contributed by atoms with Gasteiger partial charge in [0, 0.05) is 30.4 Å². The number of phenolic OH excluding ortho intramolecular Hbond substituents is 5. The molecule has 0 amide bonds. The summed E-state index contributed by atoms with van der Waals surface area (Å²) in [6.07, 6.45) is -24.0. The summed E-state index contributed by atoms with van der Waals surface area (Å²) >= 11 is 0. The van der Waals surface area contributed by atoms with Crippen LogP contribution in [-0.4, -0.2) is 202 Å². The van der Waals surface area contributed by atoms with Crippen LogP contribution in [0.1, 0.15) is 16.7 Å². The van der Waals surface area contributed by atoms with E-state index in [1.54, 1.807) is 18.2 Å². The fraction of sp³-hybridized carbons (Fsp3) is 0.377. The molecule has 15 unspecified atom stereocenters. The predicted molar refractivity (Wildman–Crippen MR) is 266 cm³/mol. The first kappa shape index (κ1) is 57.8. The Morgan fingerprint density at radius 1 is 0.557 bits per heavy atom. The van der Waals surface area contributed by atoms with Gasteiger partial charge in [-0.25, -0.2) is 14.0 Å². The summed E-state index contributed by atoms with van der Waals surface area (Å²) < 4.78 is 58.0. The molecule has 4 heterocycles. The van der Waals surface area contributed by atoms with Crippen LogP contribution < -0.4 is 14.2 Å². The van der Waals surface area contributed by atoms with Gasteiger partial charge in [0.1, 0.15) is 103 Å². The lowest BCUT2D eigenvalue weighted by molar-refractivity contribution is -0.358. The van der Waals surface area contributed by atoms with E-state index in [1.165, 1.54) is 43.5 Å². The van der Waals surface area contributed by atoms with Gasteiger partial charge in [-0.05, 0) is 66.1 Å². The number of esters is 2. The van der Waals surface area contributed by atoms with E-state index in [9.17, 15) is 81.1 Å². The van der Waals surface area contributed by atoms with Crippen molar-refractivity contribution >= 4 is 35.1 Å². The SMILES string of the molecule is COc1cc(/C=C/C(=O)OCC2OC(OC3C(Oc4cc5c(OC6OC(CO)C(O)C(O)C6O)cc(O)cc5[o+]c4-c4ccc(O)c(O)c4)OC(COC(=O)/C=C/c4ccc(O)c(O)c4)C(O)C3O)C(O)C(O)C2O)ccc1C. The fourth-order valence-corrected chi connectivity index (χ4v) is 8.58. The number of aliphatic hydroxyl groups is 9. The van der Waals surface area contributed by atoms with Crippen LogP contribution in [0.2, 0.25) is 0 Å². The summed E-state index contributed by atoms with van der Waals surface area (Å²) in [5.74, 6) is -5.18. The molecule has 79 heavy (non-hydrogen) atoms. The van der Waals surface area contributed by atoms with Crippen LogP contribution in [0, 0.1) is 6.92 Å². The highest BCUT2D eigenvalue weighted by Gasteiger charge is 2.53. The lowest BCUT2D eigenvalue weighted by Gasteiger charge is -2.45. The Labute approximate surface area is 447 Å². The molecule has 8 rings (SSSR count). The zero-order valence-electron chi connectivity index (χ0n) is 41.7. The number of benzene rings is 4. The topological polar surface area (TPSA) is 412 Å². The zero-order chi connectivity index (χ0) is 57.0. The van der Waals surface area contributed by atoms with Crippen LogP contribution in [0.5, 0.6) is 46.0 Å². The summed E-state index contributed by atoms with van der Waals surface area (Å²) in [6.45, 7) is -0.558. The summed E-state index contributed by atoms with van der Waals surface area (Å²) in [5, 5.41) is 149. The second kappa shape index (κ2) is 24.7.